The summed E-state index contributed by atoms with van der Waals surface area (Å²) in [7, 11) is 1.61. The van der Waals surface area contributed by atoms with Crippen LogP contribution in [0.4, 0.5) is 0 Å². The van der Waals surface area contributed by atoms with Crippen LogP contribution in [0.5, 0.6) is 5.75 Å². The molecule has 24 heavy (non-hydrogen) atoms. The van der Waals surface area contributed by atoms with Crippen LogP contribution >= 0.6 is 0 Å². The molecule has 122 valence electrons. The first kappa shape index (κ1) is 15.7. The molecule has 0 unspecified atom stereocenters. The van der Waals surface area contributed by atoms with Crippen molar-refractivity contribution in [3.63, 3.8) is 0 Å². The first-order chi connectivity index (χ1) is 11.7. The lowest BCUT2D eigenvalue weighted by Gasteiger charge is -2.10. The minimum Gasteiger partial charge on any atom is -0.497 e. The average Bonchev–Trinajstić information content (AvgIpc) is 3.05. The Bertz CT molecular complexity index is 870. The lowest BCUT2D eigenvalue weighted by atomic mass is 10.2. The largest absolute Gasteiger partial charge is 0.497 e. The van der Waals surface area contributed by atoms with E-state index in [-0.39, 0.29) is 5.91 Å². The van der Waals surface area contributed by atoms with E-state index in [1.807, 2.05) is 48.5 Å². The maximum atomic E-state index is 12.2. The third kappa shape index (κ3) is 3.24. The van der Waals surface area contributed by atoms with Crippen molar-refractivity contribution in [2.45, 2.75) is 13.0 Å². The van der Waals surface area contributed by atoms with Gasteiger partial charge in [-0.1, -0.05) is 17.3 Å². The maximum absolute atomic E-state index is 12.2. The van der Waals surface area contributed by atoms with Crippen molar-refractivity contribution in [2.24, 2.45) is 5.10 Å². The van der Waals surface area contributed by atoms with Crippen LogP contribution in [0.25, 0.3) is 11.0 Å². The van der Waals surface area contributed by atoms with E-state index < -0.39 is 6.04 Å². The van der Waals surface area contributed by atoms with Crippen LogP contribution < -0.4 is 10.2 Å². The van der Waals surface area contributed by atoms with Crippen LogP contribution in [0.15, 0.2) is 53.6 Å². The van der Waals surface area contributed by atoms with Crippen molar-refractivity contribution in [3.8, 4) is 5.75 Å². The van der Waals surface area contributed by atoms with E-state index >= 15 is 0 Å². The molecule has 0 spiro atoms. The predicted octanol–water partition coefficient (Wildman–Crippen LogP) is 2.15. The van der Waals surface area contributed by atoms with Gasteiger partial charge in [-0.15, -0.1) is 5.10 Å². The second kappa shape index (κ2) is 6.91. The quantitative estimate of drug-likeness (QED) is 0.576. The first-order valence-corrected chi connectivity index (χ1v) is 7.46. The summed E-state index contributed by atoms with van der Waals surface area (Å²) in [6, 6.07) is 14.3. The van der Waals surface area contributed by atoms with Gasteiger partial charge in [-0.25, -0.2) is 10.1 Å². The second-order valence-corrected chi connectivity index (χ2v) is 5.21. The van der Waals surface area contributed by atoms with Crippen LogP contribution in [0, 0.1) is 0 Å². The van der Waals surface area contributed by atoms with Gasteiger partial charge in [-0.2, -0.15) is 5.10 Å². The lowest BCUT2D eigenvalue weighted by molar-refractivity contribution is -0.124. The molecule has 0 aliphatic rings. The summed E-state index contributed by atoms with van der Waals surface area (Å²) < 4.78 is 6.67. The maximum Gasteiger partial charge on any atom is 0.264 e. The summed E-state index contributed by atoms with van der Waals surface area (Å²) in [5.41, 5.74) is 4.93. The molecule has 0 saturated carbocycles. The molecular weight excluding hydrogens is 306 g/mol. The number of hydrazone groups is 1. The highest BCUT2D eigenvalue weighted by Crippen LogP contribution is 2.15. The molecule has 0 bridgehead atoms. The molecule has 7 heteroatoms. The molecule has 0 aliphatic heterocycles. The number of aromatic nitrogens is 3. The summed E-state index contributed by atoms with van der Waals surface area (Å²) in [6.45, 7) is 1.75. The molecule has 0 aliphatic carbocycles. The number of nitrogens with zero attached hydrogens (tertiary/aromatic N) is 4. The van der Waals surface area contributed by atoms with E-state index in [1.54, 1.807) is 24.9 Å². The Balaban J connectivity index is 1.66. The van der Waals surface area contributed by atoms with Crippen LogP contribution in [0.1, 0.15) is 18.5 Å². The number of hydrogen-bond donors (Lipinski definition) is 1. The Morgan fingerprint density at radius 3 is 2.75 bits per heavy atom. The number of hydrogen-bond acceptors (Lipinski definition) is 5. The number of methoxy groups -OCH3 is 1. The van der Waals surface area contributed by atoms with Crippen molar-refractivity contribution >= 4 is 23.2 Å². The first-order valence-electron chi connectivity index (χ1n) is 7.46. The zero-order valence-electron chi connectivity index (χ0n) is 13.4. The predicted molar refractivity (Wildman–Crippen MR) is 91.0 cm³/mol. The fourth-order valence-corrected chi connectivity index (χ4v) is 2.24. The molecule has 0 fully saturated rings. The number of nitrogens with one attached hydrogen (secondary N) is 1. The molecular formula is C17H17N5O2. The van der Waals surface area contributed by atoms with Gasteiger partial charge in [-0.3, -0.25) is 4.79 Å². The van der Waals surface area contributed by atoms with Gasteiger partial charge in [0.15, 0.2) is 0 Å². The van der Waals surface area contributed by atoms with Gasteiger partial charge in [0.1, 0.15) is 17.3 Å². The Kier molecular flexibility index (Phi) is 4.51. The van der Waals surface area contributed by atoms with Crippen LogP contribution in [-0.4, -0.2) is 34.2 Å². The Hall–Kier alpha value is -3.22. The zero-order valence-corrected chi connectivity index (χ0v) is 13.4. The number of ether oxygens (including phenoxy) is 1. The van der Waals surface area contributed by atoms with E-state index in [0.717, 1.165) is 22.3 Å². The fraction of sp³-hybridized carbons (Fsp3) is 0.176. The number of amides is 1. The molecule has 1 aromatic heterocycles. The van der Waals surface area contributed by atoms with Crippen LogP contribution in [0.3, 0.4) is 0 Å². The third-order valence-corrected chi connectivity index (χ3v) is 3.63. The van der Waals surface area contributed by atoms with Gasteiger partial charge in [0.25, 0.3) is 5.91 Å². The van der Waals surface area contributed by atoms with Crippen LogP contribution in [0.2, 0.25) is 0 Å². The third-order valence-electron chi connectivity index (χ3n) is 3.63. The van der Waals surface area contributed by atoms with Gasteiger partial charge in [0.2, 0.25) is 0 Å². The molecule has 0 saturated heterocycles. The monoisotopic (exact) mass is 323 g/mol. The van der Waals surface area contributed by atoms with E-state index in [2.05, 4.69) is 20.8 Å². The standard InChI is InChI=1S/C17H17N5O2/c1-12(22-16-6-4-3-5-15(16)19-21-22)17(23)20-18-11-13-7-9-14(24-2)10-8-13/h3-12H,1-2H3,(H,20,23)/b18-11-/t12-/m1/s1. The second-order valence-electron chi connectivity index (χ2n) is 5.21. The highest BCUT2D eigenvalue weighted by atomic mass is 16.5. The molecule has 7 nitrogen and oxygen atoms in total. The van der Waals surface area contributed by atoms with Crippen molar-refractivity contribution in [2.75, 3.05) is 7.11 Å². The summed E-state index contributed by atoms with van der Waals surface area (Å²) in [5.74, 6) is 0.498. The zero-order chi connectivity index (χ0) is 16.9. The number of para-hydroxylation sites is 1. The minimum absolute atomic E-state index is 0.268. The number of carbonyl (C=O) groups is 1. The molecule has 3 rings (SSSR count). The summed E-state index contributed by atoms with van der Waals surface area (Å²) in [4.78, 5) is 12.2. The van der Waals surface area contributed by atoms with Crippen molar-refractivity contribution in [3.05, 3.63) is 54.1 Å². The topological polar surface area (TPSA) is 81.4 Å². The van der Waals surface area contributed by atoms with Gasteiger partial charge < -0.3 is 4.74 Å². The fourth-order valence-electron chi connectivity index (χ4n) is 2.24. The minimum atomic E-state index is -0.523. The van der Waals surface area contributed by atoms with E-state index in [1.165, 1.54) is 0 Å². The van der Waals surface area contributed by atoms with Crippen LogP contribution in [-0.2, 0) is 4.79 Å². The van der Waals surface area contributed by atoms with Crippen molar-refractivity contribution in [1.82, 2.24) is 20.4 Å². The highest BCUT2D eigenvalue weighted by molar-refractivity contribution is 5.85. The average molecular weight is 323 g/mol. The van der Waals surface area contributed by atoms with Gasteiger partial charge in [0.05, 0.1) is 18.8 Å². The van der Waals surface area contributed by atoms with Gasteiger partial charge >= 0.3 is 0 Å². The van der Waals surface area contributed by atoms with Crippen molar-refractivity contribution < 1.29 is 9.53 Å². The highest BCUT2D eigenvalue weighted by Gasteiger charge is 2.17. The molecule has 0 radical (unpaired) electrons. The smallest absolute Gasteiger partial charge is 0.264 e. The molecule has 2 aromatic carbocycles. The van der Waals surface area contributed by atoms with E-state index in [0.29, 0.717) is 0 Å². The molecule has 1 N–H and O–H groups in total. The Morgan fingerprint density at radius 1 is 1.25 bits per heavy atom. The molecule has 1 heterocycles. The Labute approximate surface area is 138 Å². The molecule has 1 amide bonds. The van der Waals surface area contributed by atoms with E-state index in [9.17, 15) is 4.79 Å². The number of benzene rings is 2. The Morgan fingerprint density at radius 2 is 2.00 bits per heavy atom. The normalized spacial score (nSPS) is 12.4. The number of carbonyl (C=O) groups excluding carboxylic acids is 1. The van der Waals surface area contributed by atoms with Crippen molar-refractivity contribution in [1.29, 1.82) is 0 Å². The van der Waals surface area contributed by atoms with Gasteiger partial charge in [-0.05, 0) is 48.9 Å². The lowest BCUT2D eigenvalue weighted by Crippen LogP contribution is -2.28. The molecule has 1 atom stereocenters. The summed E-state index contributed by atoms with van der Waals surface area (Å²) >= 11 is 0. The summed E-state index contributed by atoms with van der Waals surface area (Å²) in [5, 5.41) is 12.1. The molecule has 3 aromatic rings. The number of fused-ring (bicyclic) bond motifs is 1. The summed E-state index contributed by atoms with van der Waals surface area (Å²) in [6.07, 6.45) is 1.57. The SMILES string of the molecule is COc1ccc(/C=N\NC(=O)[C@@H](C)n2nnc3ccccc32)cc1. The van der Waals surface area contributed by atoms with E-state index in [4.69, 9.17) is 4.74 Å². The number of rotatable bonds is 5. The van der Waals surface area contributed by atoms with Gasteiger partial charge in [0, 0.05) is 0 Å².